The minimum Gasteiger partial charge on any atom is -0.465 e. The molecule has 0 aliphatic carbocycles. The van der Waals surface area contributed by atoms with E-state index in [0.29, 0.717) is 13.2 Å². The van der Waals surface area contributed by atoms with E-state index in [0.717, 1.165) is 5.56 Å². The summed E-state index contributed by atoms with van der Waals surface area (Å²) in [7, 11) is 0. The molecule has 1 aromatic carbocycles. The van der Waals surface area contributed by atoms with Gasteiger partial charge in [0.1, 0.15) is 6.54 Å². The van der Waals surface area contributed by atoms with Crippen molar-refractivity contribution < 1.29 is 14.3 Å². The van der Waals surface area contributed by atoms with Gasteiger partial charge < -0.3 is 9.64 Å². The lowest BCUT2D eigenvalue weighted by Gasteiger charge is -2.20. The number of hydrogen-bond acceptors (Lipinski definition) is 3. The van der Waals surface area contributed by atoms with Gasteiger partial charge in [0.15, 0.2) is 0 Å². The van der Waals surface area contributed by atoms with Crippen molar-refractivity contribution in [3.8, 4) is 0 Å². The molecule has 0 aromatic heterocycles. The van der Waals surface area contributed by atoms with Crippen LogP contribution < -0.4 is 0 Å². The Kier molecular flexibility index (Phi) is 6.43. The third-order valence-electron chi connectivity index (χ3n) is 2.31. The zero-order valence-electron chi connectivity index (χ0n) is 10.3. The first-order valence-corrected chi connectivity index (χ1v) is 6.82. The lowest BCUT2D eigenvalue weighted by molar-refractivity contribution is -0.148. The van der Waals surface area contributed by atoms with E-state index in [2.05, 4.69) is 15.9 Å². The third-order valence-corrected chi connectivity index (χ3v) is 2.79. The highest BCUT2D eigenvalue weighted by atomic mass is 79.9. The minimum atomic E-state index is -0.386. The summed E-state index contributed by atoms with van der Waals surface area (Å²) in [6, 6.07) is 9.54. The molecular weight excluding hydrogens is 298 g/mol. The number of benzene rings is 1. The smallest absolute Gasteiger partial charge is 0.325 e. The number of alkyl halides is 1. The summed E-state index contributed by atoms with van der Waals surface area (Å²) in [5.74, 6) is -0.519. The molecule has 0 bridgehead atoms. The van der Waals surface area contributed by atoms with Crippen molar-refractivity contribution in [2.24, 2.45) is 0 Å². The zero-order chi connectivity index (χ0) is 13.4. The van der Waals surface area contributed by atoms with Crippen molar-refractivity contribution in [1.29, 1.82) is 0 Å². The number of halogens is 1. The Morgan fingerprint density at radius 2 is 1.94 bits per heavy atom. The van der Waals surface area contributed by atoms with Crippen molar-refractivity contribution in [2.75, 3.05) is 18.5 Å². The van der Waals surface area contributed by atoms with Crippen LogP contribution >= 0.6 is 15.9 Å². The summed E-state index contributed by atoms with van der Waals surface area (Å²) >= 11 is 3.11. The lowest BCUT2D eigenvalue weighted by atomic mass is 10.2. The average molecular weight is 314 g/mol. The summed E-state index contributed by atoms with van der Waals surface area (Å²) in [6.07, 6.45) is 0. The van der Waals surface area contributed by atoms with E-state index in [1.807, 2.05) is 30.3 Å². The minimum absolute atomic E-state index is 0.0207. The van der Waals surface area contributed by atoms with Crippen molar-refractivity contribution in [1.82, 2.24) is 4.90 Å². The predicted octanol–water partition coefficient (Wildman–Crippen LogP) is 1.97. The molecule has 0 saturated carbocycles. The molecule has 4 nitrogen and oxygen atoms in total. The molecule has 1 aromatic rings. The van der Waals surface area contributed by atoms with Crippen LogP contribution in [0.25, 0.3) is 0 Å². The first-order chi connectivity index (χ1) is 8.67. The van der Waals surface area contributed by atoms with E-state index < -0.39 is 0 Å². The maximum atomic E-state index is 11.7. The molecule has 98 valence electrons. The molecule has 1 rings (SSSR count). The average Bonchev–Trinajstić information content (AvgIpc) is 2.38. The number of carbonyl (C=O) groups is 2. The summed E-state index contributed by atoms with van der Waals surface area (Å²) in [5.41, 5.74) is 0.982. The standard InChI is InChI=1S/C13H16BrNO3/c1-2-18-13(17)10-15(12(16)8-14)9-11-6-4-3-5-7-11/h3-7H,2,8-10H2,1H3. The number of carbonyl (C=O) groups excluding carboxylic acids is 2. The maximum Gasteiger partial charge on any atom is 0.325 e. The van der Waals surface area contributed by atoms with Crippen LogP contribution in [0.5, 0.6) is 0 Å². The van der Waals surface area contributed by atoms with Crippen LogP contribution in [0.15, 0.2) is 30.3 Å². The van der Waals surface area contributed by atoms with Gasteiger partial charge in [-0.15, -0.1) is 0 Å². The van der Waals surface area contributed by atoms with Crippen LogP contribution in [0.3, 0.4) is 0 Å². The second-order valence-electron chi connectivity index (χ2n) is 3.67. The van der Waals surface area contributed by atoms with E-state index in [4.69, 9.17) is 4.74 Å². The van der Waals surface area contributed by atoms with E-state index in [9.17, 15) is 9.59 Å². The highest BCUT2D eigenvalue weighted by Gasteiger charge is 2.17. The number of esters is 1. The fraction of sp³-hybridized carbons (Fsp3) is 0.385. The van der Waals surface area contributed by atoms with Gasteiger partial charge in [-0.25, -0.2) is 0 Å². The first-order valence-electron chi connectivity index (χ1n) is 5.70. The van der Waals surface area contributed by atoms with Crippen molar-refractivity contribution in [2.45, 2.75) is 13.5 Å². The Hall–Kier alpha value is -1.36. The second kappa shape index (κ2) is 7.87. The molecular formula is C13H16BrNO3. The van der Waals surface area contributed by atoms with Gasteiger partial charge in [0, 0.05) is 6.54 Å². The first kappa shape index (κ1) is 14.7. The fourth-order valence-corrected chi connectivity index (χ4v) is 1.84. The Bertz CT molecular complexity index is 394. The summed E-state index contributed by atoms with van der Waals surface area (Å²) in [4.78, 5) is 24.6. The zero-order valence-corrected chi connectivity index (χ0v) is 11.9. The monoisotopic (exact) mass is 313 g/mol. The van der Waals surface area contributed by atoms with Gasteiger partial charge in [0.2, 0.25) is 5.91 Å². The third kappa shape index (κ3) is 4.87. The van der Waals surface area contributed by atoms with Crippen LogP contribution in [0.4, 0.5) is 0 Å². The van der Waals surface area contributed by atoms with Gasteiger partial charge in [-0.05, 0) is 12.5 Å². The van der Waals surface area contributed by atoms with E-state index in [1.54, 1.807) is 6.92 Å². The second-order valence-corrected chi connectivity index (χ2v) is 4.23. The largest absolute Gasteiger partial charge is 0.465 e. The predicted molar refractivity (Wildman–Crippen MR) is 72.3 cm³/mol. The van der Waals surface area contributed by atoms with Crippen LogP contribution in [0, 0.1) is 0 Å². The Morgan fingerprint density at radius 1 is 1.28 bits per heavy atom. The molecule has 0 aliphatic heterocycles. The summed E-state index contributed by atoms with van der Waals surface area (Å²) in [6.45, 7) is 2.45. The van der Waals surface area contributed by atoms with Crippen LogP contribution in [-0.2, 0) is 20.9 Å². The highest BCUT2D eigenvalue weighted by Crippen LogP contribution is 2.06. The molecule has 0 saturated heterocycles. The lowest BCUT2D eigenvalue weighted by Crippen LogP contribution is -2.36. The van der Waals surface area contributed by atoms with Gasteiger partial charge in [-0.2, -0.15) is 0 Å². The number of rotatable bonds is 6. The molecule has 0 atom stereocenters. The fourth-order valence-electron chi connectivity index (χ4n) is 1.48. The van der Waals surface area contributed by atoms with Crippen molar-refractivity contribution in [3.63, 3.8) is 0 Å². The highest BCUT2D eigenvalue weighted by molar-refractivity contribution is 9.09. The number of ether oxygens (including phenoxy) is 1. The van der Waals surface area contributed by atoms with Gasteiger partial charge in [-0.1, -0.05) is 46.3 Å². The molecule has 0 radical (unpaired) electrons. The van der Waals surface area contributed by atoms with E-state index in [-0.39, 0.29) is 23.8 Å². The summed E-state index contributed by atoms with van der Waals surface area (Å²) < 4.78 is 4.86. The molecule has 18 heavy (non-hydrogen) atoms. The SMILES string of the molecule is CCOC(=O)CN(Cc1ccccc1)C(=O)CBr. The van der Waals surface area contributed by atoms with E-state index >= 15 is 0 Å². The van der Waals surface area contributed by atoms with Gasteiger partial charge >= 0.3 is 5.97 Å². The van der Waals surface area contributed by atoms with Gasteiger partial charge in [0.25, 0.3) is 0 Å². The molecule has 0 heterocycles. The maximum absolute atomic E-state index is 11.7. The number of amides is 1. The number of hydrogen-bond donors (Lipinski definition) is 0. The van der Waals surface area contributed by atoms with Crippen molar-refractivity contribution >= 4 is 27.8 Å². The Morgan fingerprint density at radius 3 is 2.50 bits per heavy atom. The molecule has 5 heteroatoms. The molecule has 1 amide bonds. The van der Waals surface area contributed by atoms with Crippen LogP contribution in [0.1, 0.15) is 12.5 Å². The van der Waals surface area contributed by atoms with Crippen molar-refractivity contribution in [3.05, 3.63) is 35.9 Å². The topological polar surface area (TPSA) is 46.6 Å². The molecule has 0 aliphatic rings. The van der Waals surface area contributed by atoms with Gasteiger partial charge in [0.05, 0.1) is 11.9 Å². The quantitative estimate of drug-likeness (QED) is 0.596. The summed E-state index contributed by atoms with van der Waals surface area (Å²) in [5, 5.41) is 0.194. The molecule has 0 fully saturated rings. The Labute approximate surface area is 115 Å². The molecule has 0 unspecified atom stereocenters. The van der Waals surface area contributed by atoms with Gasteiger partial charge in [-0.3, -0.25) is 9.59 Å². The Balaban J connectivity index is 2.67. The van der Waals surface area contributed by atoms with Crippen LogP contribution in [-0.4, -0.2) is 35.3 Å². The normalized spacial score (nSPS) is 9.89. The number of nitrogens with zero attached hydrogens (tertiary/aromatic N) is 1. The van der Waals surface area contributed by atoms with Crippen LogP contribution in [0.2, 0.25) is 0 Å². The van der Waals surface area contributed by atoms with E-state index in [1.165, 1.54) is 4.90 Å². The molecule has 0 spiro atoms. The molecule has 0 N–H and O–H groups in total.